The van der Waals surface area contributed by atoms with Gasteiger partial charge in [-0.1, -0.05) is 11.3 Å². The highest BCUT2D eigenvalue weighted by Gasteiger charge is 2.16. The number of carbonyl (C=O) groups excluding carboxylic acids is 1. The van der Waals surface area contributed by atoms with Crippen molar-refractivity contribution in [3.05, 3.63) is 43.4 Å². The minimum Gasteiger partial charge on any atom is -0.319 e. The van der Waals surface area contributed by atoms with Gasteiger partial charge in [0.25, 0.3) is 11.6 Å². The summed E-state index contributed by atoms with van der Waals surface area (Å²) in [5.74, 6) is -0.597. The van der Waals surface area contributed by atoms with E-state index in [0.717, 1.165) is 17.4 Å². The molecule has 0 aliphatic carbocycles. The van der Waals surface area contributed by atoms with Crippen molar-refractivity contribution in [1.82, 2.24) is 10.2 Å². The molecule has 0 aliphatic heterocycles. The van der Waals surface area contributed by atoms with E-state index in [1.807, 2.05) is 0 Å². The highest BCUT2D eigenvalue weighted by molar-refractivity contribution is 7.17. The number of hydrogen-bond donors (Lipinski definition) is 1. The number of carbonyl (C=O) groups is 1. The molecule has 1 aromatic carbocycles. The van der Waals surface area contributed by atoms with Crippen LogP contribution in [0.3, 0.4) is 0 Å². The van der Waals surface area contributed by atoms with Crippen LogP contribution in [0.15, 0.2) is 18.2 Å². The Bertz CT molecular complexity index is 739. The maximum atomic E-state index is 11.8. The number of nitrogens with zero attached hydrogens (tertiary/aromatic N) is 4. The Morgan fingerprint density at radius 1 is 1.50 bits per heavy atom. The molecule has 0 fully saturated rings. The van der Waals surface area contributed by atoms with Crippen LogP contribution in [0, 0.1) is 21.4 Å². The molecule has 0 spiro atoms. The highest BCUT2D eigenvalue weighted by atomic mass is 35.5. The fraction of sp³-hybridized carbons (Fsp3) is 0. The number of nitro groups is 1. The SMILES string of the molecule is N#Cc1cc([N+](=O)[O-])ccc1NC(=O)c1nnc(Cl)s1. The Balaban J connectivity index is 2.28. The second-order valence-corrected chi connectivity index (χ2v) is 4.97. The molecule has 10 heteroatoms. The van der Waals surface area contributed by atoms with Crippen LogP contribution >= 0.6 is 22.9 Å². The number of nitro benzene ring substituents is 1. The molecule has 8 nitrogen and oxygen atoms in total. The van der Waals surface area contributed by atoms with Crippen LogP contribution in [0.2, 0.25) is 4.47 Å². The molecule has 0 saturated heterocycles. The first-order valence-corrected chi connectivity index (χ1v) is 6.19. The van der Waals surface area contributed by atoms with Gasteiger partial charge in [-0.15, -0.1) is 10.2 Å². The van der Waals surface area contributed by atoms with Gasteiger partial charge in [0, 0.05) is 12.1 Å². The summed E-state index contributed by atoms with van der Waals surface area (Å²) >= 11 is 6.44. The molecule has 1 amide bonds. The Morgan fingerprint density at radius 2 is 2.25 bits per heavy atom. The Kier molecular flexibility index (Phi) is 3.88. The number of rotatable bonds is 3. The Morgan fingerprint density at radius 3 is 2.80 bits per heavy atom. The van der Waals surface area contributed by atoms with Crippen LogP contribution in [0.5, 0.6) is 0 Å². The molecule has 0 unspecified atom stereocenters. The summed E-state index contributed by atoms with van der Waals surface area (Å²) in [6.45, 7) is 0. The number of nitrogens with one attached hydrogen (secondary N) is 1. The standard InChI is InChI=1S/C10H4ClN5O3S/c11-10-15-14-9(20-10)8(17)13-7-2-1-6(16(18)19)3-5(7)4-12/h1-3H,(H,13,17). The van der Waals surface area contributed by atoms with E-state index in [2.05, 4.69) is 15.5 Å². The number of aromatic nitrogens is 2. The molecule has 0 bridgehead atoms. The van der Waals surface area contributed by atoms with Gasteiger partial charge in [-0.3, -0.25) is 14.9 Å². The molecule has 100 valence electrons. The number of anilines is 1. The summed E-state index contributed by atoms with van der Waals surface area (Å²) in [5, 5.41) is 29.0. The van der Waals surface area contributed by atoms with Crippen molar-refractivity contribution in [1.29, 1.82) is 5.26 Å². The monoisotopic (exact) mass is 309 g/mol. The molecule has 0 atom stereocenters. The van der Waals surface area contributed by atoms with E-state index in [4.69, 9.17) is 16.9 Å². The summed E-state index contributed by atoms with van der Waals surface area (Å²) < 4.78 is 0.111. The Labute approximate surface area is 120 Å². The summed E-state index contributed by atoms with van der Waals surface area (Å²) in [6, 6.07) is 5.31. The lowest BCUT2D eigenvalue weighted by Crippen LogP contribution is -2.12. The van der Waals surface area contributed by atoms with E-state index in [1.54, 1.807) is 6.07 Å². The zero-order valence-corrected chi connectivity index (χ0v) is 11.1. The molecule has 0 aliphatic rings. The zero-order valence-electron chi connectivity index (χ0n) is 9.53. The lowest BCUT2D eigenvalue weighted by atomic mass is 10.1. The topological polar surface area (TPSA) is 122 Å². The highest BCUT2D eigenvalue weighted by Crippen LogP contribution is 2.23. The first-order chi connectivity index (χ1) is 9.51. The molecule has 2 aromatic rings. The van der Waals surface area contributed by atoms with E-state index in [9.17, 15) is 14.9 Å². The number of amides is 1. The van der Waals surface area contributed by atoms with Gasteiger partial charge in [-0.2, -0.15) is 5.26 Å². The number of nitriles is 1. The minimum atomic E-state index is -0.628. The van der Waals surface area contributed by atoms with E-state index in [-0.39, 0.29) is 26.4 Å². The zero-order chi connectivity index (χ0) is 14.7. The lowest BCUT2D eigenvalue weighted by Gasteiger charge is -2.04. The average molecular weight is 310 g/mol. The van der Waals surface area contributed by atoms with Gasteiger partial charge in [0.05, 0.1) is 16.2 Å². The van der Waals surface area contributed by atoms with Crippen LogP contribution in [0.1, 0.15) is 15.4 Å². The van der Waals surface area contributed by atoms with E-state index >= 15 is 0 Å². The molecule has 1 heterocycles. The van der Waals surface area contributed by atoms with Gasteiger partial charge in [-0.05, 0) is 17.7 Å². The largest absolute Gasteiger partial charge is 0.319 e. The van der Waals surface area contributed by atoms with Crippen LogP contribution < -0.4 is 5.32 Å². The van der Waals surface area contributed by atoms with Crippen LogP contribution in [-0.4, -0.2) is 21.0 Å². The van der Waals surface area contributed by atoms with E-state index in [1.165, 1.54) is 12.1 Å². The van der Waals surface area contributed by atoms with Gasteiger partial charge in [0.15, 0.2) is 0 Å². The van der Waals surface area contributed by atoms with Gasteiger partial charge in [-0.25, -0.2) is 0 Å². The van der Waals surface area contributed by atoms with Crippen molar-refractivity contribution in [2.75, 3.05) is 5.32 Å². The quantitative estimate of drug-likeness (QED) is 0.685. The summed E-state index contributed by atoms with van der Waals surface area (Å²) in [7, 11) is 0. The first-order valence-electron chi connectivity index (χ1n) is 5.00. The van der Waals surface area contributed by atoms with Crippen molar-refractivity contribution < 1.29 is 9.72 Å². The van der Waals surface area contributed by atoms with Crippen molar-refractivity contribution in [3.63, 3.8) is 0 Å². The predicted octanol–water partition coefficient (Wildman–Crippen LogP) is 2.22. The average Bonchev–Trinajstić information content (AvgIpc) is 2.85. The van der Waals surface area contributed by atoms with Crippen molar-refractivity contribution >= 4 is 40.2 Å². The molecular formula is C10H4ClN5O3S. The van der Waals surface area contributed by atoms with Gasteiger partial charge >= 0.3 is 0 Å². The second-order valence-electron chi connectivity index (χ2n) is 3.41. The maximum absolute atomic E-state index is 11.8. The molecule has 1 aromatic heterocycles. The summed E-state index contributed by atoms with van der Waals surface area (Å²) in [6.07, 6.45) is 0. The lowest BCUT2D eigenvalue weighted by molar-refractivity contribution is -0.384. The molecule has 0 radical (unpaired) electrons. The molecule has 20 heavy (non-hydrogen) atoms. The van der Waals surface area contributed by atoms with Crippen molar-refractivity contribution in [2.45, 2.75) is 0 Å². The van der Waals surface area contributed by atoms with Gasteiger partial charge in [0.1, 0.15) is 6.07 Å². The Hall–Kier alpha value is -2.57. The smallest absolute Gasteiger partial charge is 0.286 e. The molecule has 0 saturated carbocycles. The summed E-state index contributed by atoms with van der Waals surface area (Å²) in [4.78, 5) is 21.8. The van der Waals surface area contributed by atoms with Crippen LogP contribution in [0.4, 0.5) is 11.4 Å². The molecule has 1 N–H and O–H groups in total. The third kappa shape index (κ3) is 2.87. The molecule has 2 rings (SSSR count). The fourth-order valence-electron chi connectivity index (χ4n) is 1.32. The van der Waals surface area contributed by atoms with E-state index < -0.39 is 10.8 Å². The fourth-order valence-corrected chi connectivity index (χ4v) is 2.04. The number of halogens is 1. The molecular weight excluding hydrogens is 306 g/mol. The second kappa shape index (κ2) is 5.60. The third-order valence-electron chi connectivity index (χ3n) is 2.18. The summed E-state index contributed by atoms with van der Waals surface area (Å²) in [5.41, 5.74) is -0.115. The van der Waals surface area contributed by atoms with Gasteiger partial charge in [0.2, 0.25) is 9.47 Å². The third-order valence-corrected chi connectivity index (χ3v) is 3.19. The van der Waals surface area contributed by atoms with Gasteiger partial charge < -0.3 is 5.32 Å². The van der Waals surface area contributed by atoms with Crippen molar-refractivity contribution in [2.24, 2.45) is 0 Å². The van der Waals surface area contributed by atoms with Crippen LogP contribution in [0.25, 0.3) is 0 Å². The number of hydrogen-bond acceptors (Lipinski definition) is 7. The van der Waals surface area contributed by atoms with Crippen molar-refractivity contribution in [3.8, 4) is 6.07 Å². The minimum absolute atomic E-state index is 0.0248. The number of non-ortho nitro benzene ring substituents is 1. The van der Waals surface area contributed by atoms with E-state index in [0.29, 0.717) is 0 Å². The van der Waals surface area contributed by atoms with Crippen LogP contribution in [-0.2, 0) is 0 Å². The number of benzene rings is 1. The first kappa shape index (κ1) is 13.9. The maximum Gasteiger partial charge on any atom is 0.286 e. The normalized spacial score (nSPS) is 9.80. The predicted molar refractivity (Wildman–Crippen MR) is 70.7 cm³/mol.